The van der Waals surface area contributed by atoms with Crippen LogP contribution in [0.4, 0.5) is 5.69 Å². The summed E-state index contributed by atoms with van der Waals surface area (Å²) in [4.78, 5) is 28.8. The molecule has 2 amide bonds. The van der Waals surface area contributed by atoms with E-state index in [9.17, 15) is 9.59 Å². The molecule has 1 aliphatic rings. The number of para-hydroxylation sites is 1. The molecule has 1 aliphatic heterocycles. The molecular formula is C25H32N2O2. The monoisotopic (exact) mass is 392 g/mol. The number of nitrogens with zero attached hydrogens (tertiary/aromatic N) is 2. The summed E-state index contributed by atoms with van der Waals surface area (Å²) in [6, 6.07) is 16.6. The molecular weight excluding hydrogens is 360 g/mol. The van der Waals surface area contributed by atoms with Crippen LogP contribution in [-0.2, 0) is 16.0 Å². The number of benzene rings is 2. The molecule has 1 fully saturated rings. The molecule has 0 bridgehead atoms. The highest BCUT2D eigenvalue weighted by molar-refractivity contribution is 5.94. The molecule has 1 saturated heterocycles. The normalized spacial score (nSPS) is 14.7. The van der Waals surface area contributed by atoms with Crippen molar-refractivity contribution in [2.45, 2.75) is 46.5 Å². The zero-order chi connectivity index (χ0) is 20.8. The summed E-state index contributed by atoms with van der Waals surface area (Å²) >= 11 is 0. The highest BCUT2D eigenvalue weighted by Crippen LogP contribution is 2.26. The minimum absolute atomic E-state index is 0.0169. The minimum Gasteiger partial charge on any atom is -0.343 e. The van der Waals surface area contributed by atoms with Gasteiger partial charge in [0.1, 0.15) is 0 Å². The van der Waals surface area contributed by atoms with Gasteiger partial charge in [-0.25, -0.2) is 0 Å². The maximum Gasteiger partial charge on any atom is 0.224 e. The average Bonchev–Trinajstić information content (AvgIpc) is 2.71. The number of carbonyl (C=O) groups is 2. The number of carbonyl (C=O) groups excluding carboxylic acids is 2. The third kappa shape index (κ3) is 5.47. The molecule has 0 atom stereocenters. The van der Waals surface area contributed by atoms with E-state index < -0.39 is 0 Å². The van der Waals surface area contributed by atoms with E-state index in [0.29, 0.717) is 18.9 Å². The van der Waals surface area contributed by atoms with Gasteiger partial charge in [-0.1, -0.05) is 48.5 Å². The Kier molecular flexibility index (Phi) is 7.08. The first-order valence-corrected chi connectivity index (χ1v) is 10.6. The van der Waals surface area contributed by atoms with Crippen molar-refractivity contribution < 1.29 is 9.59 Å². The number of amides is 2. The van der Waals surface area contributed by atoms with Crippen molar-refractivity contribution in [2.24, 2.45) is 5.92 Å². The van der Waals surface area contributed by atoms with Gasteiger partial charge in [0.2, 0.25) is 11.8 Å². The highest BCUT2D eigenvalue weighted by atomic mass is 16.2. The topological polar surface area (TPSA) is 40.6 Å². The van der Waals surface area contributed by atoms with Crippen LogP contribution >= 0.6 is 0 Å². The van der Waals surface area contributed by atoms with E-state index in [1.165, 1.54) is 5.56 Å². The molecule has 4 nitrogen and oxygen atoms in total. The first-order valence-electron chi connectivity index (χ1n) is 10.6. The van der Waals surface area contributed by atoms with Crippen LogP contribution in [-0.4, -0.2) is 36.3 Å². The van der Waals surface area contributed by atoms with E-state index in [0.717, 1.165) is 49.2 Å². The maximum atomic E-state index is 12.8. The third-order valence-electron chi connectivity index (χ3n) is 5.97. The van der Waals surface area contributed by atoms with Gasteiger partial charge in [-0.2, -0.15) is 0 Å². The van der Waals surface area contributed by atoms with E-state index >= 15 is 0 Å². The Balaban J connectivity index is 1.53. The van der Waals surface area contributed by atoms with Crippen molar-refractivity contribution in [2.75, 3.05) is 24.5 Å². The van der Waals surface area contributed by atoms with E-state index in [1.807, 2.05) is 43.0 Å². The van der Waals surface area contributed by atoms with Crippen molar-refractivity contribution in [3.63, 3.8) is 0 Å². The van der Waals surface area contributed by atoms with Crippen LogP contribution < -0.4 is 4.90 Å². The van der Waals surface area contributed by atoms with Gasteiger partial charge < -0.3 is 9.80 Å². The van der Waals surface area contributed by atoms with Crippen LogP contribution in [0, 0.1) is 19.8 Å². The Morgan fingerprint density at radius 3 is 2.17 bits per heavy atom. The molecule has 4 heteroatoms. The van der Waals surface area contributed by atoms with Crippen LogP contribution in [0.3, 0.4) is 0 Å². The largest absolute Gasteiger partial charge is 0.343 e. The van der Waals surface area contributed by atoms with E-state index in [2.05, 4.69) is 24.3 Å². The van der Waals surface area contributed by atoms with E-state index in [4.69, 9.17) is 0 Å². The first kappa shape index (κ1) is 21.1. The second kappa shape index (κ2) is 9.73. The lowest BCUT2D eigenvalue weighted by atomic mass is 9.90. The third-order valence-corrected chi connectivity index (χ3v) is 5.97. The van der Waals surface area contributed by atoms with Crippen molar-refractivity contribution in [1.82, 2.24) is 4.90 Å². The van der Waals surface area contributed by atoms with Crippen LogP contribution in [0.2, 0.25) is 0 Å². The first-order chi connectivity index (χ1) is 14.0. The fourth-order valence-corrected chi connectivity index (χ4v) is 4.36. The Labute approximate surface area is 174 Å². The molecule has 0 saturated carbocycles. The number of rotatable bonds is 6. The number of likely N-dealkylation sites (tertiary alicyclic amines) is 1. The van der Waals surface area contributed by atoms with Gasteiger partial charge in [0.05, 0.1) is 0 Å². The lowest BCUT2D eigenvalue weighted by Gasteiger charge is -2.33. The fourth-order valence-electron chi connectivity index (χ4n) is 4.36. The Morgan fingerprint density at radius 1 is 0.966 bits per heavy atom. The van der Waals surface area contributed by atoms with Crippen LogP contribution in [0.15, 0.2) is 48.5 Å². The Morgan fingerprint density at radius 2 is 1.59 bits per heavy atom. The van der Waals surface area contributed by atoms with Gasteiger partial charge in [-0.05, 0) is 55.7 Å². The molecule has 3 rings (SSSR count). The molecule has 1 heterocycles. The fraction of sp³-hybridized carbons (Fsp3) is 0.440. The molecule has 0 unspecified atom stereocenters. The summed E-state index contributed by atoms with van der Waals surface area (Å²) in [6.07, 6.45) is 3.56. The number of hydrogen-bond donors (Lipinski definition) is 0. The van der Waals surface area contributed by atoms with Crippen molar-refractivity contribution in [1.29, 1.82) is 0 Å². The van der Waals surface area contributed by atoms with Gasteiger partial charge in [-0.15, -0.1) is 0 Å². The zero-order valence-corrected chi connectivity index (χ0v) is 17.9. The number of piperidine rings is 1. The molecule has 0 aromatic heterocycles. The van der Waals surface area contributed by atoms with Gasteiger partial charge >= 0.3 is 0 Å². The minimum atomic E-state index is -0.0169. The standard InChI is InChI=1S/C25H32N2O2/c1-19-8-7-9-20(2)25(19)27(21(3)28)17-14-24(29)26-15-12-23(13-16-26)18-22-10-5-4-6-11-22/h4-11,23H,12-18H2,1-3H3. The van der Waals surface area contributed by atoms with Gasteiger partial charge in [0.15, 0.2) is 0 Å². The van der Waals surface area contributed by atoms with E-state index in [1.54, 1.807) is 11.8 Å². The SMILES string of the molecule is CC(=O)N(CCC(=O)N1CCC(Cc2ccccc2)CC1)c1c(C)cccc1C. The van der Waals surface area contributed by atoms with Crippen LogP contribution in [0.25, 0.3) is 0 Å². The second-order valence-corrected chi connectivity index (χ2v) is 8.17. The van der Waals surface area contributed by atoms with Gasteiger partial charge in [0.25, 0.3) is 0 Å². The maximum absolute atomic E-state index is 12.8. The second-order valence-electron chi connectivity index (χ2n) is 8.17. The number of aryl methyl sites for hydroxylation is 2. The summed E-state index contributed by atoms with van der Waals surface area (Å²) in [5, 5.41) is 0. The van der Waals surface area contributed by atoms with Crippen LogP contribution in [0.5, 0.6) is 0 Å². The van der Waals surface area contributed by atoms with E-state index in [-0.39, 0.29) is 11.8 Å². The predicted molar refractivity (Wildman–Crippen MR) is 118 cm³/mol. The summed E-state index contributed by atoms with van der Waals surface area (Å²) in [6.45, 7) is 7.67. The molecule has 2 aromatic carbocycles. The van der Waals surface area contributed by atoms with Gasteiger partial charge in [-0.3, -0.25) is 9.59 Å². The molecule has 154 valence electrons. The Bertz CT molecular complexity index is 819. The highest BCUT2D eigenvalue weighted by Gasteiger charge is 2.24. The molecule has 0 radical (unpaired) electrons. The zero-order valence-electron chi connectivity index (χ0n) is 17.9. The summed E-state index contributed by atoms with van der Waals surface area (Å²) < 4.78 is 0. The molecule has 2 aromatic rings. The lowest BCUT2D eigenvalue weighted by Crippen LogP contribution is -2.41. The quantitative estimate of drug-likeness (QED) is 0.725. The molecule has 29 heavy (non-hydrogen) atoms. The summed E-state index contributed by atoms with van der Waals surface area (Å²) in [5.41, 5.74) is 4.45. The van der Waals surface area contributed by atoms with Crippen molar-refractivity contribution in [3.05, 3.63) is 65.2 Å². The molecule has 0 N–H and O–H groups in total. The predicted octanol–water partition coefficient (Wildman–Crippen LogP) is 4.53. The lowest BCUT2D eigenvalue weighted by molar-refractivity contribution is -0.132. The van der Waals surface area contributed by atoms with Gasteiger partial charge in [0, 0.05) is 38.7 Å². The number of hydrogen-bond acceptors (Lipinski definition) is 2. The molecule has 0 spiro atoms. The van der Waals surface area contributed by atoms with Crippen LogP contribution in [0.1, 0.15) is 42.9 Å². The number of anilines is 1. The summed E-state index contributed by atoms with van der Waals surface area (Å²) in [5.74, 6) is 0.780. The van der Waals surface area contributed by atoms with Crippen molar-refractivity contribution >= 4 is 17.5 Å². The average molecular weight is 393 g/mol. The Hall–Kier alpha value is -2.62. The summed E-state index contributed by atoms with van der Waals surface area (Å²) in [7, 11) is 0. The van der Waals surface area contributed by atoms with Crippen molar-refractivity contribution in [3.8, 4) is 0 Å². The molecule has 0 aliphatic carbocycles. The smallest absolute Gasteiger partial charge is 0.224 e.